The summed E-state index contributed by atoms with van der Waals surface area (Å²) in [6.07, 6.45) is 3.01. The molecule has 0 radical (unpaired) electrons. The van der Waals surface area contributed by atoms with Gasteiger partial charge in [-0.15, -0.1) is 0 Å². The molecular formula is C23H26N2O5. The maximum atomic E-state index is 12.8. The molecule has 2 aromatic rings. The van der Waals surface area contributed by atoms with E-state index in [4.69, 9.17) is 23.9 Å². The van der Waals surface area contributed by atoms with Crippen LogP contribution in [-0.4, -0.2) is 38.5 Å². The van der Waals surface area contributed by atoms with E-state index in [2.05, 4.69) is 17.4 Å². The van der Waals surface area contributed by atoms with E-state index in [0.717, 1.165) is 19.3 Å². The average molecular weight is 410 g/mol. The van der Waals surface area contributed by atoms with Gasteiger partial charge in [-0.1, -0.05) is 24.3 Å². The Kier molecular flexibility index (Phi) is 6.49. The number of fused-ring (bicyclic) bond motifs is 2. The van der Waals surface area contributed by atoms with Crippen molar-refractivity contribution in [3.05, 3.63) is 59.2 Å². The quantitative estimate of drug-likeness (QED) is 0.447. The van der Waals surface area contributed by atoms with Crippen LogP contribution in [0.15, 0.2) is 47.5 Å². The van der Waals surface area contributed by atoms with Gasteiger partial charge in [-0.05, 0) is 55.5 Å². The topological polar surface area (TPSA) is 78.4 Å². The lowest BCUT2D eigenvalue weighted by atomic mass is 9.88. The second-order valence-electron chi connectivity index (χ2n) is 7.11. The maximum absolute atomic E-state index is 12.8. The number of carbonyl (C=O) groups excluding carboxylic acids is 1. The molecule has 0 fully saturated rings. The van der Waals surface area contributed by atoms with Crippen LogP contribution >= 0.6 is 0 Å². The molecule has 7 heteroatoms. The summed E-state index contributed by atoms with van der Waals surface area (Å²) >= 11 is 0. The highest BCUT2D eigenvalue weighted by Gasteiger charge is 2.22. The Labute approximate surface area is 176 Å². The van der Waals surface area contributed by atoms with E-state index in [1.165, 1.54) is 11.1 Å². The largest absolute Gasteiger partial charge is 0.463 e. The SMILES string of the molecule is CCOCCOC(=N[C@@H]1CCCc2ccccc21)NC(=O)c1ccc2c(c1)OCO2. The Morgan fingerprint density at radius 2 is 2.03 bits per heavy atom. The number of benzene rings is 2. The standard InChI is InChI=1S/C23H26N2O5/c1-2-27-12-13-28-23(24-19-9-5-7-16-6-3-4-8-18(16)19)25-22(26)17-10-11-20-21(14-17)30-15-29-20/h3-4,6,8,10-11,14,19H,2,5,7,9,12-13,15H2,1H3,(H,24,25,26)/t19-/m1/s1. The Hall–Kier alpha value is -3.06. The molecule has 7 nitrogen and oxygen atoms in total. The number of rotatable bonds is 6. The number of aryl methyl sites for hydroxylation is 1. The average Bonchev–Trinajstić information content (AvgIpc) is 3.25. The van der Waals surface area contributed by atoms with Crippen molar-refractivity contribution in [2.24, 2.45) is 4.99 Å². The lowest BCUT2D eigenvalue weighted by Gasteiger charge is -2.23. The minimum absolute atomic E-state index is 0.0471. The van der Waals surface area contributed by atoms with Crippen molar-refractivity contribution in [3.8, 4) is 11.5 Å². The number of carbonyl (C=O) groups is 1. The molecule has 0 unspecified atom stereocenters. The van der Waals surface area contributed by atoms with Gasteiger partial charge in [0.2, 0.25) is 6.79 Å². The van der Waals surface area contributed by atoms with Crippen molar-refractivity contribution in [1.29, 1.82) is 0 Å². The van der Waals surface area contributed by atoms with Gasteiger partial charge >= 0.3 is 0 Å². The molecule has 1 N–H and O–H groups in total. The highest BCUT2D eigenvalue weighted by Crippen LogP contribution is 2.33. The van der Waals surface area contributed by atoms with Gasteiger partial charge in [-0.25, -0.2) is 4.99 Å². The summed E-state index contributed by atoms with van der Waals surface area (Å²) in [5, 5.41) is 2.82. The molecule has 0 saturated heterocycles. The van der Waals surface area contributed by atoms with E-state index in [1.807, 2.05) is 19.1 Å². The molecule has 1 amide bonds. The molecule has 158 valence electrons. The molecule has 30 heavy (non-hydrogen) atoms. The molecule has 2 aromatic carbocycles. The van der Waals surface area contributed by atoms with Crippen LogP contribution in [0, 0.1) is 0 Å². The number of amides is 1. The number of amidine groups is 1. The number of hydrogen-bond donors (Lipinski definition) is 1. The predicted octanol–water partition coefficient (Wildman–Crippen LogP) is 3.63. The lowest BCUT2D eigenvalue weighted by Crippen LogP contribution is -2.34. The zero-order chi connectivity index (χ0) is 20.8. The number of aliphatic imine (C=N–C) groups is 1. The molecule has 1 aliphatic heterocycles. The first-order chi connectivity index (χ1) is 14.7. The zero-order valence-corrected chi connectivity index (χ0v) is 17.1. The molecule has 1 aliphatic carbocycles. The zero-order valence-electron chi connectivity index (χ0n) is 17.1. The fourth-order valence-corrected chi connectivity index (χ4v) is 3.66. The molecule has 0 saturated carbocycles. The monoisotopic (exact) mass is 410 g/mol. The van der Waals surface area contributed by atoms with Gasteiger partial charge in [0.05, 0.1) is 12.6 Å². The maximum Gasteiger partial charge on any atom is 0.292 e. The van der Waals surface area contributed by atoms with Gasteiger partial charge in [0.1, 0.15) is 6.61 Å². The minimum Gasteiger partial charge on any atom is -0.463 e. The number of nitrogens with zero attached hydrogens (tertiary/aromatic N) is 1. The van der Waals surface area contributed by atoms with Crippen LogP contribution in [-0.2, 0) is 15.9 Å². The van der Waals surface area contributed by atoms with Crippen LogP contribution in [0.3, 0.4) is 0 Å². The van der Waals surface area contributed by atoms with Crippen molar-refractivity contribution in [1.82, 2.24) is 5.32 Å². The second kappa shape index (κ2) is 9.63. The molecule has 0 spiro atoms. The van der Waals surface area contributed by atoms with E-state index >= 15 is 0 Å². The summed E-state index contributed by atoms with van der Waals surface area (Å²) in [5.74, 6) is 0.874. The Bertz CT molecular complexity index is 928. The van der Waals surface area contributed by atoms with Gasteiger partial charge in [0.25, 0.3) is 11.9 Å². The van der Waals surface area contributed by atoms with Gasteiger partial charge in [-0.3, -0.25) is 10.1 Å². The van der Waals surface area contributed by atoms with E-state index in [-0.39, 0.29) is 24.8 Å². The number of ether oxygens (including phenoxy) is 4. The molecule has 1 atom stereocenters. The third-order valence-corrected chi connectivity index (χ3v) is 5.14. The van der Waals surface area contributed by atoms with Crippen LogP contribution in [0.1, 0.15) is 47.3 Å². The summed E-state index contributed by atoms with van der Waals surface area (Å²) in [5.41, 5.74) is 2.93. The second-order valence-corrected chi connectivity index (χ2v) is 7.11. The smallest absolute Gasteiger partial charge is 0.292 e. The van der Waals surface area contributed by atoms with Crippen molar-refractivity contribution >= 4 is 11.9 Å². The number of nitrogens with one attached hydrogen (secondary N) is 1. The molecule has 1 heterocycles. The first-order valence-electron chi connectivity index (χ1n) is 10.3. The molecular weight excluding hydrogens is 384 g/mol. The summed E-state index contributed by atoms with van der Waals surface area (Å²) in [4.78, 5) is 17.6. The fourth-order valence-electron chi connectivity index (χ4n) is 3.66. The number of hydrogen-bond acceptors (Lipinski definition) is 6. The van der Waals surface area contributed by atoms with Crippen LogP contribution < -0.4 is 14.8 Å². The van der Waals surface area contributed by atoms with Crippen LogP contribution in [0.25, 0.3) is 0 Å². The van der Waals surface area contributed by atoms with Gasteiger partial charge < -0.3 is 18.9 Å². The minimum atomic E-state index is -0.312. The Balaban J connectivity index is 1.52. The highest BCUT2D eigenvalue weighted by molar-refractivity contribution is 6.04. The normalized spacial score (nSPS) is 17.4. The first-order valence-corrected chi connectivity index (χ1v) is 10.3. The molecule has 4 rings (SSSR count). The summed E-state index contributed by atoms with van der Waals surface area (Å²) < 4.78 is 21.8. The van der Waals surface area contributed by atoms with E-state index in [9.17, 15) is 4.79 Å². The summed E-state index contributed by atoms with van der Waals surface area (Å²) in [6, 6.07) is 13.5. The van der Waals surface area contributed by atoms with Crippen molar-refractivity contribution in [2.45, 2.75) is 32.2 Å². The van der Waals surface area contributed by atoms with E-state index in [0.29, 0.717) is 36.9 Å². The van der Waals surface area contributed by atoms with Gasteiger partial charge in [-0.2, -0.15) is 0 Å². The molecule has 0 bridgehead atoms. The van der Waals surface area contributed by atoms with Gasteiger partial charge in [0.15, 0.2) is 11.5 Å². The Morgan fingerprint density at radius 3 is 2.93 bits per heavy atom. The first kappa shape index (κ1) is 20.2. The van der Waals surface area contributed by atoms with E-state index in [1.54, 1.807) is 18.2 Å². The molecule has 2 aliphatic rings. The summed E-state index contributed by atoms with van der Waals surface area (Å²) in [7, 11) is 0. The third kappa shape index (κ3) is 4.74. The van der Waals surface area contributed by atoms with Crippen LogP contribution in [0.4, 0.5) is 0 Å². The van der Waals surface area contributed by atoms with Crippen LogP contribution in [0.5, 0.6) is 11.5 Å². The van der Waals surface area contributed by atoms with Crippen molar-refractivity contribution < 1.29 is 23.7 Å². The van der Waals surface area contributed by atoms with Crippen molar-refractivity contribution in [2.75, 3.05) is 26.6 Å². The summed E-state index contributed by atoms with van der Waals surface area (Å²) in [6.45, 7) is 3.43. The fraction of sp³-hybridized carbons (Fsp3) is 0.391. The van der Waals surface area contributed by atoms with Gasteiger partial charge in [0, 0.05) is 12.2 Å². The Morgan fingerprint density at radius 1 is 1.17 bits per heavy atom. The third-order valence-electron chi connectivity index (χ3n) is 5.14. The van der Waals surface area contributed by atoms with Crippen molar-refractivity contribution in [3.63, 3.8) is 0 Å². The van der Waals surface area contributed by atoms with E-state index < -0.39 is 0 Å². The predicted molar refractivity (Wildman–Crippen MR) is 112 cm³/mol. The highest BCUT2D eigenvalue weighted by atomic mass is 16.7. The lowest BCUT2D eigenvalue weighted by molar-refractivity contribution is 0.0920. The van der Waals surface area contributed by atoms with Crippen LogP contribution in [0.2, 0.25) is 0 Å². The molecule has 0 aromatic heterocycles.